The van der Waals surface area contributed by atoms with Crippen LogP contribution in [0.4, 0.5) is 5.69 Å². The molecule has 0 saturated carbocycles. The maximum Gasteiger partial charge on any atom is 0.194 e. The van der Waals surface area contributed by atoms with Gasteiger partial charge in [-0.2, -0.15) is 0 Å². The molecule has 4 heterocycles. The Bertz CT molecular complexity index is 1450. The van der Waals surface area contributed by atoms with Gasteiger partial charge in [-0.1, -0.05) is 55.5 Å². The standard InChI is InChI=1S/C28H25N5S2/c1-18(2)19-12-14-20(15-13-19)33-26(25(31-27(33)34)22-9-5-6-16-29-22)23-10-7-17-32(23)28-30-21-8-3-4-11-24(21)35-28/h3-18,25-26H,1-2H3,(H,31,34). The molecule has 5 nitrogen and oxygen atoms in total. The molecule has 0 aliphatic carbocycles. The van der Waals surface area contributed by atoms with Crippen molar-refractivity contribution in [2.75, 3.05) is 4.90 Å². The van der Waals surface area contributed by atoms with Crippen molar-refractivity contribution in [3.63, 3.8) is 0 Å². The van der Waals surface area contributed by atoms with Crippen LogP contribution in [0, 0.1) is 0 Å². The monoisotopic (exact) mass is 495 g/mol. The Balaban J connectivity index is 1.49. The minimum atomic E-state index is -0.100. The van der Waals surface area contributed by atoms with E-state index in [0.29, 0.717) is 11.0 Å². The zero-order chi connectivity index (χ0) is 23.9. The lowest BCUT2D eigenvalue weighted by Gasteiger charge is -2.28. The lowest BCUT2D eigenvalue weighted by atomic mass is 9.99. The lowest BCUT2D eigenvalue weighted by molar-refractivity contribution is 0.549. The first-order valence-electron chi connectivity index (χ1n) is 11.7. The first-order chi connectivity index (χ1) is 17.1. The van der Waals surface area contributed by atoms with Crippen LogP contribution in [0.3, 0.4) is 0 Å². The molecule has 1 saturated heterocycles. The van der Waals surface area contributed by atoms with Crippen molar-refractivity contribution in [2.45, 2.75) is 31.8 Å². The average Bonchev–Trinajstić information content (AvgIpc) is 3.60. The molecule has 7 heteroatoms. The molecule has 0 spiro atoms. The summed E-state index contributed by atoms with van der Waals surface area (Å²) in [5, 5.41) is 5.20. The van der Waals surface area contributed by atoms with Gasteiger partial charge in [0, 0.05) is 18.1 Å². The van der Waals surface area contributed by atoms with E-state index in [1.807, 2.05) is 24.4 Å². The van der Waals surface area contributed by atoms with Crippen molar-refractivity contribution < 1.29 is 0 Å². The number of thiazole rings is 1. The Morgan fingerprint density at radius 1 is 0.943 bits per heavy atom. The number of aromatic nitrogens is 3. The zero-order valence-corrected chi connectivity index (χ0v) is 21.1. The van der Waals surface area contributed by atoms with Gasteiger partial charge < -0.3 is 10.2 Å². The molecule has 174 valence electrons. The quantitative estimate of drug-likeness (QED) is 0.272. The van der Waals surface area contributed by atoms with E-state index in [1.54, 1.807) is 11.3 Å². The van der Waals surface area contributed by atoms with Crippen LogP contribution in [-0.2, 0) is 0 Å². The van der Waals surface area contributed by atoms with Gasteiger partial charge in [0.05, 0.1) is 27.6 Å². The smallest absolute Gasteiger partial charge is 0.194 e. The molecule has 0 bridgehead atoms. The van der Waals surface area contributed by atoms with Crippen molar-refractivity contribution >= 4 is 44.6 Å². The predicted molar refractivity (Wildman–Crippen MR) is 147 cm³/mol. The molecule has 1 fully saturated rings. The maximum absolute atomic E-state index is 5.91. The van der Waals surface area contributed by atoms with Crippen LogP contribution in [0.25, 0.3) is 15.3 Å². The molecule has 2 aromatic carbocycles. The van der Waals surface area contributed by atoms with Gasteiger partial charge in [0.1, 0.15) is 6.04 Å². The number of hydrogen-bond acceptors (Lipinski definition) is 4. The van der Waals surface area contributed by atoms with Gasteiger partial charge in [0.2, 0.25) is 0 Å². The van der Waals surface area contributed by atoms with E-state index in [1.165, 1.54) is 10.3 Å². The number of fused-ring (bicyclic) bond motifs is 1. The van der Waals surface area contributed by atoms with Gasteiger partial charge in [-0.25, -0.2) is 4.98 Å². The minimum absolute atomic E-state index is 0.0932. The fourth-order valence-corrected chi connectivity index (χ4v) is 6.04. The highest BCUT2D eigenvalue weighted by Gasteiger charge is 2.42. The molecule has 35 heavy (non-hydrogen) atoms. The first kappa shape index (κ1) is 21.9. The molecule has 0 radical (unpaired) electrons. The summed E-state index contributed by atoms with van der Waals surface area (Å²) in [5.41, 5.74) is 5.45. The molecular weight excluding hydrogens is 470 g/mol. The third-order valence-corrected chi connectivity index (χ3v) is 7.86. The highest BCUT2D eigenvalue weighted by molar-refractivity contribution is 7.80. The maximum atomic E-state index is 5.91. The number of rotatable bonds is 5. The Hall–Kier alpha value is -3.55. The van der Waals surface area contributed by atoms with E-state index in [2.05, 4.69) is 100 Å². The van der Waals surface area contributed by atoms with E-state index >= 15 is 0 Å². The molecule has 3 aromatic heterocycles. The van der Waals surface area contributed by atoms with Gasteiger partial charge in [0.15, 0.2) is 10.2 Å². The summed E-state index contributed by atoms with van der Waals surface area (Å²) in [4.78, 5) is 11.8. The minimum Gasteiger partial charge on any atom is -0.351 e. The van der Waals surface area contributed by atoms with Crippen LogP contribution in [0.15, 0.2) is 91.3 Å². The second-order valence-electron chi connectivity index (χ2n) is 9.01. The third kappa shape index (κ3) is 3.90. The van der Waals surface area contributed by atoms with Crippen molar-refractivity contribution in [1.29, 1.82) is 0 Å². The summed E-state index contributed by atoms with van der Waals surface area (Å²) in [6.45, 7) is 4.42. The second-order valence-corrected chi connectivity index (χ2v) is 10.4. The molecule has 2 atom stereocenters. The number of para-hydroxylation sites is 1. The van der Waals surface area contributed by atoms with Gasteiger partial charge >= 0.3 is 0 Å². The molecule has 0 amide bonds. The summed E-state index contributed by atoms with van der Waals surface area (Å²) in [6, 6.07) is 27.1. The van der Waals surface area contributed by atoms with E-state index in [9.17, 15) is 0 Å². The molecular formula is C28H25N5S2. The number of nitrogens with one attached hydrogen (secondary N) is 1. The van der Waals surface area contributed by atoms with E-state index in [-0.39, 0.29) is 12.1 Å². The molecule has 6 rings (SSSR count). The number of pyridine rings is 1. The fraction of sp³-hybridized carbons (Fsp3) is 0.179. The lowest BCUT2D eigenvalue weighted by Crippen LogP contribution is -2.30. The summed E-state index contributed by atoms with van der Waals surface area (Å²) in [6.07, 6.45) is 3.92. The highest BCUT2D eigenvalue weighted by Crippen LogP contribution is 2.43. The molecule has 1 N–H and O–H groups in total. The molecule has 5 aromatic rings. The van der Waals surface area contributed by atoms with Crippen molar-refractivity contribution in [1.82, 2.24) is 19.9 Å². The van der Waals surface area contributed by atoms with Crippen LogP contribution in [-0.4, -0.2) is 19.6 Å². The third-order valence-electron chi connectivity index (χ3n) is 6.51. The number of nitrogens with zero attached hydrogens (tertiary/aromatic N) is 4. The summed E-state index contributed by atoms with van der Waals surface area (Å²) >= 11 is 7.60. The van der Waals surface area contributed by atoms with Crippen LogP contribution in [0.1, 0.15) is 48.8 Å². The van der Waals surface area contributed by atoms with Gasteiger partial charge in [0.25, 0.3) is 0 Å². The van der Waals surface area contributed by atoms with Crippen LogP contribution in [0.5, 0.6) is 0 Å². The number of anilines is 1. The van der Waals surface area contributed by atoms with Gasteiger partial charge in [-0.05, 0) is 72.2 Å². The van der Waals surface area contributed by atoms with E-state index in [0.717, 1.165) is 27.7 Å². The fourth-order valence-electron chi connectivity index (χ4n) is 4.73. The number of hydrogen-bond donors (Lipinski definition) is 1. The predicted octanol–water partition coefficient (Wildman–Crippen LogP) is 6.78. The van der Waals surface area contributed by atoms with Crippen molar-refractivity contribution in [3.8, 4) is 5.13 Å². The summed E-state index contributed by atoms with van der Waals surface area (Å²) in [5.74, 6) is 0.473. The summed E-state index contributed by atoms with van der Waals surface area (Å²) < 4.78 is 3.36. The first-order valence-corrected chi connectivity index (χ1v) is 13.0. The normalized spacial score (nSPS) is 17.9. The van der Waals surface area contributed by atoms with Gasteiger partial charge in [-0.15, -0.1) is 0 Å². The van der Waals surface area contributed by atoms with Crippen LogP contribution < -0.4 is 10.2 Å². The van der Waals surface area contributed by atoms with Crippen LogP contribution in [0.2, 0.25) is 0 Å². The average molecular weight is 496 g/mol. The van der Waals surface area contributed by atoms with Crippen molar-refractivity contribution in [3.05, 3.63) is 108 Å². The molecule has 2 unspecified atom stereocenters. The topological polar surface area (TPSA) is 46.0 Å². The summed E-state index contributed by atoms with van der Waals surface area (Å²) in [7, 11) is 0. The highest BCUT2D eigenvalue weighted by atomic mass is 32.1. The number of thiocarbonyl (C=S) groups is 1. The van der Waals surface area contributed by atoms with Crippen LogP contribution >= 0.6 is 23.6 Å². The molecule has 1 aliphatic heterocycles. The van der Waals surface area contributed by atoms with E-state index < -0.39 is 0 Å². The van der Waals surface area contributed by atoms with Gasteiger partial charge in [-0.3, -0.25) is 9.55 Å². The second kappa shape index (κ2) is 8.91. The Kier molecular flexibility index (Phi) is 5.59. The van der Waals surface area contributed by atoms with E-state index in [4.69, 9.17) is 17.2 Å². The van der Waals surface area contributed by atoms with Crippen molar-refractivity contribution in [2.24, 2.45) is 0 Å². The Labute approximate surface area is 214 Å². The molecule has 1 aliphatic rings. The zero-order valence-electron chi connectivity index (χ0n) is 19.5. The Morgan fingerprint density at radius 3 is 2.49 bits per heavy atom. The number of benzene rings is 2. The SMILES string of the molecule is CC(C)c1ccc(N2C(=S)NC(c3ccccn3)C2c2cccn2-c2nc3ccccc3s2)cc1. The largest absolute Gasteiger partial charge is 0.351 e. The Morgan fingerprint density at radius 2 is 1.74 bits per heavy atom.